The van der Waals surface area contributed by atoms with Gasteiger partial charge >= 0.3 is 6.09 Å². The zero-order chi connectivity index (χ0) is 11.8. The Bertz CT molecular complexity index is 381. The Labute approximate surface area is 94.6 Å². The zero-order valence-corrected chi connectivity index (χ0v) is 9.78. The maximum Gasteiger partial charge on any atom is 0.410 e. The number of cyclic esters (lactones) is 1. The number of sulfone groups is 1. The Balaban J connectivity index is 1.96. The summed E-state index contributed by atoms with van der Waals surface area (Å²) >= 11 is 0. The van der Waals surface area contributed by atoms with E-state index in [1.54, 1.807) is 4.90 Å². The molecule has 0 saturated carbocycles. The molecule has 2 aliphatic heterocycles. The van der Waals surface area contributed by atoms with Gasteiger partial charge in [0.2, 0.25) is 0 Å². The number of carbonyl (C=O) groups is 1. The van der Waals surface area contributed by atoms with Crippen molar-refractivity contribution in [3.63, 3.8) is 0 Å². The van der Waals surface area contributed by atoms with Crippen LogP contribution in [0.5, 0.6) is 0 Å². The third-order valence-corrected chi connectivity index (χ3v) is 4.97. The Morgan fingerprint density at radius 3 is 2.81 bits per heavy atom. The lowest BCUT2D eigenvalue weighted by molar-refractivity contribution is 0.154. The molecule has 6 nitrogen and oxygen atoms in total. The summed E-state index contributed by atoms with van der Waals surface area (Å²) in [6, 6.07) is -0.101. The van der Waals surface area contributed by atoms with Crippen LogP contribution in [-0.4, -0.2) is 56.7 Å². The predicted molar refractivity (Wildman–Crippen MR) is 57.7 cm³/mol. The Hall–Kier alpha value is -0.820. The Morgan fingerprint density at radius 1 is 1.50 bits per heavy atom. The maximum absolute atomic E-state index is 11.4. The lowest BCUT2D eigenvalue weighted by Gasteiger charge is -2.22. The minimum Gasteiger partial charge on any atom is -0.447 e. The second-order valence-corrected chi connectivity index (χ2v) is 6.62. The molecule has 1 amide bonds. The van der Waals surface area contributed by atoms with Gasteiger partial charge < -0.3 is 15.4 Å². The first-order chi connectivity index (χ1) is 7.52. The molecule has 2 rings (SSSR count). The van der Waals surface area contributed by atoms with Crippen molar-refractivity contribution in [2.45, 2.75) is 12.5 Å². The average molecular weight is 248 g/mol. The average Bonchev–Trinajstić information content (AvgIpc) is 2.72. The molecule has 0 bridgehead atoms. The SMILES string of the molecule is NCC1COC(=O)N1CC1CCS(=O)(=O)C1. The first-order valence-corrected chi connectivity index (χ1v) is 7.18. The molecule has 2 N–H and O–H groups in total. The summed E-state index contributed by atoms with van der Waals surface area (Å²) in [5, 5.41) is 0. The molecule has 2 heterocycles. The first kappa shape index (κ1) is 11.7. The number of amides is 1. The van der Waals surface area contributed by atoms with E-state index in [0.29, 0.717) is 26.1 Å². The van der Waals surface area contributed by atoms with Crippen molar-refractivity contribution >= 4 is 15.9 Å². The summed E-state index contributed by atoms with van der Waals surface area (Å²) in [7, 11) is -2.89. The van der Waals surface area contributed by atoms with E-state index < -0.39 is 9.84 Å². The van der Waals surface area contributed by atoms with Gasteiger partial charge in [-0.25, -0.2) is 13.2 Å². The topological polar surface area (TPSA) is 89.7 Å². The molecule has 0 aromatic rings. The monoisotopic (exact) mass is 248 g/mol. The van der Waals surface area contributed by atoms with Gasteiger partial charge in [0.1, 0.15) is 6.61 Å². The van der Waals surface area contributed by atoms with Crippen LogP contribution >= 0.6 is 0 Å². The van der Waals surface area contributed by atoms with Crippen LogP contribution in [0.1, 0.15) is 6.42 Å². The van der Waals surface area contributed by atoms with E-state index in [9.17, 15) is 13.2 Å². The fourth-order valence-corrected chi connectivity index (χ4v) is 4.05. The maximum atomic E-state index is 11.4. The van der Waals surface area contributed by atoms with Gasteiger partial charge in [-0.05, 0) is 12.3 Å². The van der Waals surface area contributed by atoms with Crippen LogP contribution in [0.4, 0.5) is 4.79 Å². The number of nitrogens with zero attached hydrogens (tertiary/aromatic N) is 1. The molecule has 0 aliphatic carbocycles. The van der Waals surface area contributed by atoms with Crippen molar-refractivity contribution in [2.75, 3.05) is 31.2 Å². The number of hydrogen-bond donors (Lipinski definition) is 1. The normalized spacial score (nSPS) is 33.1. The molecule has 0 aromatic heterocycles. The fraction of sp³-hybridized carbons (Fsp3) is 0.889. The van der Waals surface area contributed by atoms with Crippen LogP contribution in [0.2, 0.25) is 0 Å². The van der Waals surface area contributed by atoms with Gasteiger partial charge in [-0.2, -0.15) is 0 Å². The number of ether oxygens (including phenoxy) is 1. The largest absolute Gasteiger partial charge is 0.447 e. The fourth-order valence-electron chi connectivity index (χ4n) is 2.20. The predicted octanol–water partition coefficient (Wildman–Crippen LogP) is -0.799. The van der Waals surface area contributed by atoms with Crippen molar-refractivity contribution < 1.29 is 17.9 Å². The van der Waals surface area contributed by atoms with E-state index in [1.807, 2.05) is 0 Å². The molecule has 7 heteroatoms. The smallest absolute Gasteiger partial charge is 0.410 e. The molecule has 0 radical (unpaired) electrons. The quantitative estimate of drug-likeness (QED) is 0.706. The number of hydrogen-bond acceptors (Lipinski definition) is 5. The summed E-state index contributed by atoms with van der Waals surface area (Å²) < 4.78 is 27.5. The third kappa shape index (κ3) is 2.30. The van der Waals surface area contributed by atoms with E-state index in [2.05, 4.69) is 0 Å². The minimum atomic E-state index is -2.89. The molecule has 0 spiro atoms. The van der Waals surface area contributed by atoms with Gasteiger partial charge in [0.25, 0.3) is 0 Å². The summed E-state index contributed by atoms with van der Waals surface area (Å²) in [5.41, 5.74) is 5.52. The Morgan fingerprint density at radius 2 is 2.25 bits per heavy atom. The molecule has 2 saturated heterocycles. The second kappa shape index (κ2) is 4.21. The van der Waals surface area contributed by atoms with Crippen LogP contribution in [0.3, 0.4) is 0 Å². The van der Waals surface area contributed by atoms with E-state index in [4.69, 9.17) is 10.5 Å². The molecule has 0 aromatic carbocycles. The van der Waals surface area contributed by atoms with Crippen LogP contribution < -0.4 is 5.73 Å². The molecule has 16 heavy (non-hydrogen) atoms. The van der Waals surface area contributed by atoms with Crippen LogP contribution in [0, 0.1) is 5.92 Å². The number of nitrogens with two attached hydrogens (primary N) is 1. The lowest BCUT2D eigenvalue weighted by Crippen LogP contribution is -2.41. The summed E-state index contributed by atoms with van der Waals surface area (Å²) in [5.74, 6) is 0.437. The third-order valence-electron chi connectivity index (χ3n) is 3.13. The second-order valence-electron chi connectivity index (χ2n) is 4.39. The molecule has 92 valence electrons. The van der Waals surface area contributed by atoms with E-state index in [0.717, 1.165) is 0 Å². The molecular weight excluding hydrogens is 232 g/mol. The lowest BCUT2D eigenvalue weighted by atomic mass is 10.1. The highest BCUT2D eigenvalue weighted by Gasteiger charge is 2.36. The van der Waals surface area contributed by atoms with Gasteiger partial charge in [0.15, 0.2) is 9.84 Å². The van der Waals surface area contributed by atoms with Crippen molar-refractivity contribution in [1.82, 2.24) is 4.90 Å². The standard InChI is InChI=1S/C9H16N2O4S/c10-3-8-5-15-9(12)11(8)4-7-1-2-16(13,14)6-7/h7-8H,1-6,10H2. The highest BCUT2D eigenvalue weighted by molar-refractivity contribution is 7.91. The molecular formula is C9H16N2O4S. The van der Waals surface area contributed by atoms with E-state index >= 15 is 0 Å². The van der Waals surface area contributed by atoms with Gasteiger partial charge in [-0.15, -0.1) is 0 Å². The number of carbonyl (C=O) groups excluding carboxylic acids is 1. The summed E-state index contributed by atoms with van der Waals surface area (Å²) in [4.78, 5) is 13.0. The van der Waals surface area contributed by atoms with E-state index in [-0.39, 0.29) is 29.6 Å². The van der Waals surface area contributed by atoms with Gasteiger partial charge in [-0.1, -0.05) is 0 Å². The highest BCUT2D eigenvalue weighted by Crippen LogP contribution is 2.22. The van der Waals surface area contributed by atoms with Crippen molar-refractivity contribution in [3.8, 4) is 0 Å². The summed E-state index contributed by atoms with van der Waals surface area (Å²) in [6.07, 6.45) is 0.253. The first-order valence-electron chi connectivity index (χ1n) is 5.36. The minimum absolute atomic E-state index is 0.0321. The van der Waals surface area contributed by atoms with Crippen molar-refractivity contribution in [1.29, 1.82) is 0 Å². The molecule has 2 aliphatic rings. The molecule has 2 fully saturated rings. The molecule has 2 unspecified atom stereocenters. The van der Waals surface area contributed by atoms with Gasteiger partial charge in [0, 0.05) is 13.1 Å². The number of rotatable bonds is 3. The van der Waals surface area contributed by atoms with Crippen LogP contribution in [0.25, 0.3) is 0 Å². The van der Waals surface area contributed by atoms with Gasteiger partial charge in [-0.3, -0.25) is 0 Å². The zero-order valence-electron chi connectivity index (χ0n) is 8.96. The highest BCUT2D eigenvalue weighted by atomic mass is 32.2. The van der Waals surface area contributed by atoms with E-state index in [1.165, 1.54) is 0 Å². The molecule has 2 atom stereocenters. The van der Waals surface area contributed by atoms with Gasteiger partial charge in [0.05, 0.1) is 17.5 Å². The van der Waals surface area contributed by atoms with Crippen molar-refractivity contribution in [3.05, 3.63) is 0 Å². The summed E-state index contributed by atoms with van der Waals surface area (Å²) in [6.45, 7) is 1.11. The Kier molecular flexibility index (Phi) is 3.07. The van der Waals surface area contributed by atoms with Crippen LogP contribution in [0.15, 0.2) is 0 Å². The van der Waals surface area contributed by atoms with Crippen LogP contribution in [-0.2, 0) is 14.6 Å². The van der Waals surface area contributed by atoms with Crippen molar-refractivity contribution in [2.24, 2.45) is 11.7 Å².